The number of hydrogen-bond acceptors (Lipinski definition) is 4. The first-order valence-corrected chi connectivity index (χ1v) is 10.1. The van der Waals surface area contributed by atoms with E-state index in [4.69, 9.17) is 14.2 Å². The van der Waals surface area contributed by atoms with Crippen LogP contribution < -0.4 is 0 Å². The van der Waals surface area contributed by atoms with E-state index in [1.54, 1.807) is 0 Å². The highest BCUT2D eigenvalue weighted by atomic mass is 16.6. The molecule has 3 aliphatic heterocycles. The number of carbonyl (C=O) groups is 1. The molecule has 1 amide bonds. The van der Waals surface area contributed by atoms with Gasteiger partial charge in [-0.3, -0.25) is 4.79 Å². The predicted molar refractivity (Wildman–Crippen MR) is 94.3 cm³/mol. The van der Waals surface area contributed by atoms with Gasteiger partial charge in [0.1, 0.15) is 0 Å². The van der Waals surface area contributed by atoms with Gasteiger partial charge in [0.05, 0.1) is 24.9 Å². The van der Waals surface area contributed by atoms with Crippen LogP contribution >= 0.6 is 0 Å². The summed E-state index contributed by atoms with van der Waals surface area (Å²) in [6.07, 6.45) is 10.6. The van der Waals surface area contributed by atoms with E-state index in [0.29, 0.717) is 12.5 Å². The molecule has 3 fully saturated rings. The zero-order valence-electron chi connectivity index (χ0n) is 15.2. The summed E-state index contributed by atoms with van der Waals surface area (Å²) in [5.74, 6) is 0.905. The van der Waals surface area contributed by atoms with Gasteiger partial charge in [0.15, 0.2) is 0 Å². The Labute approximate surface area is 150 Å². The summed E-state index contributed by atoms with van der Waals surface area (Å²) >= 11 is 0. The van der Waals surface area contributed by atoms with E-state index < -0.39 is 0 Å². The van der Waals surface area contributed by atoms with Crippen LogP contribution in [0, 0.1) is 5.92 Å². The van der Waals surface area contributed by atoms with Gasteiger partial charge in [0.25, 0.3) is 0 Å². The van der Waals surface area contributed by atoms with Gasteiger partial charge >= 0.3 is 0 Å². The molecule has 0 aromatic carbocycles. The summed E-state index contributed by atoms with van der Waals surface area (Å²) < 4.78 is 17.8. The highest BCUT2D eigenvalue weighted by molar-refractivity contribution is 5.93. The molecule has 0 bridgehead atoms. The lowest BCUT2D eigenvalue weighted by Gasteiger charge is -2.38. The molecule has 5 nitrogen and oxygen atoms in total. The van der Waals surface area contributed by atoms with Gasteiger partial charge < -0.3 is 19.1 Å². The van der Waals surface area contributed by atoms with Crippen molar-refractivity contribution in [2.45, 2.75) is 63.1 Å². The number of allylic oxidation sites excluding steroid dienone is 1. The molecule has 0 aromatic heterocycles. The van der Waals surface area contributed by atoms with Crippen molar-refractivity contribution in [1.82, 2.24) is 4.90 Å². The molecule has 3 heterocycles. The van der Waals surface area contributed by atoms with E-state index in [0.717, 1.165) is 89.8 Å². The van der Waals surface area contributed by atoms with Crippen LogP contribution in [0.5, 0.6) is 0 Å². The van der Waals surface area contributed by atoms with Gasteiger partial charge in [-0.25, -0.2) is 0 Å². The maximum Gasteiger partial charge on any atom is 0.249 e. The van der Waals surface area contributed by atoms with Crippen LogP contribution in [0.15, 0.2) is 11.6 Å². The Bertz CT molecular complexity index is 504. The summed E-state index contributed by atoms with van der Waals surface area (Å²) in [7, 11) is 0. The normalized spacial score (nSPS) is 30.0. The van der Waals surface area contributed by atoms with Gasteiger partial charge in [-0.15, -0.1) is 0 Å². The van der Waals surface area contributed by atoms with Crippen molar-refractivity contribution in [1.29, 1.82) is 0 Å². The van der Waals surface area contributed by atoms with Crippen molar-refractivity contribution >= 4 is 5.91 Å². The van der Waals surface area contributed by atoms with Crippen LogP contribution in [0.1, 0.15) is 51.4 Å². The van der Waals surface area contributed by atoms with Gasteiger partial charge in [0.2, 0.25) is 5.91 Å². The van der Waals surface area contributed by atoms with E-state index in [-0.39, 0.29) is 17.6 Å². The molecular weight excluding hydrogens is 318 g/mol. The third-order valence-corrected chi connectivity index (χ3v) is 6.36. The Morgan fingerprint density at radius 1 is 1.28 bits per heavy atom. The fraction of sp³-hybridized carbons (Fsp3) is 0.850. The standard InChI is InChI=1S/C20H31NO4/c22-19(17-3-1-2-4-17)21-9-7-20(8-10-21)13-18(15-25-20)24-14-16-5-11-23-12-6-16/h3,16,18H,1-2,4-15H2. The second-order valence-electron chi connectivity index (χ2n) is 8.12. The van der Waals surface area contributed by atoms with Crippen molar-refractivity contribution in [3.05, 3.63) is 11.6 Å². The van der Waals surface area contributed by atoms with E-state index in [1.165, 1.54) is 0 Å². The van der Waals surface area contributed by atoms with Crippen molar-refractivity contribution in [3.8, 4) is 0 Å². The second kappa shape index (κ2) is 7.77. The zero-order chi connectivity index (χ0) is 17.1. The highest BCUT2D eigenvalue weighted by Crippen LogP contribution is 2.38. The zero-order valence-corrected chi connectivity index (χ0v) is 15.2. The highest BCUT2D eigenvalue weighted by Gasteiger charge is 2.44. The molecule has 3 saturated heterocycles. The van der Waals surface area contributed by atoms with Crippen LogP contribution in [-0.2, 0) is 19.0 Å². The Hall–Kier alpha value is -0.910. The van der Waals surface area contributed by atoms with Crippen LogP contribution in [0.4, 0.5) is 0 Å². The Balaban J connectivity index is 1.22. The molecule has 1 atom stereocenters. The monoisotopic (exact) mass is 349 g/mol. The molecule has 25 heavy (non-hydrogen) atoms. The lowest BCUT2D eigenvalue weighted by molar-refractivity contribution is -0.132. The molecule has 1 aliphatic carbocycles. The number of ether oxygens (including phenoxy) is 3. The Morgan fingerprint density at radius 2 is 2.08 bits per heavy atom. The maximum atomic E-state index is 12.5. The van der Waals surface area contributed by atoms with Crippen LogP contribution in [0.3, 0.4) is 0 Å². The quantitative estimate of drug-likeness (QED) is 0.783. The second-order valence-corrected chi connectivity index (χ2v) is 8.12. The smallest absolute Gasteiger partial charge is 0.249 e. The fourth-order valence-corrected chi connectivity index (χ4v) is 4.63. The first kappa shape index (κ1) is 17.5. The number of amides is 1. The van der Waals surface area contributed by atoms with Gasteiger partial charge in [-0.05, 0) is 50.9 Å². The average Bonchev–Trinajstić information content (AvgIpc) is 3.32. The van der Waals surface area contributed by atoms with Crippen molar-refractivity contribution in [3.63, 3.8) is 0 Å². The maximum absolute atomic E-state index is 12.5. The van der Waals surface area contributed by atoms with E-state index in [2.05, 4.69) is 6.08 Å². The van der Waals surface area contributed by atoms with Crippen molar-refractivity contribution in [2.75, 3.05) is 39.5 Å². The van der Waals surface area contributed by atoms with Gasteiger partial charge in [0, 0.05) is 38.3 Å². The molecule has 5 heteroatoms. The number of nitrogens with zero attached hydrogens (tertiary/aromatic N) is 1. The molecule has 4 aliphatic rings. The minimum absolute atomic E-state index is 0.0544. The topological polar surface area (TPSA) is 48.0 Å². The fourth-order valence-electron chi connectivity index (χ4n) is 4.63. The first-order valence-electron chi connectivity index (χ1n) is 10.1. The molecule has 0 aromatic rings. The molecule has 140 valence electrons. The van der Waals surface area contributed by atoms with Gasteiger partial charge in [-0.1, -0.05) is 6.08 Å². The predicted octanol–water partition coefficient (Wildman–Crippen LogP) is 2.69. The number of hydrogen-bond donors (Lipinski definition) is 0. The molecule has 1 spiro atoms. The van der Waals surface area contributed by atoms with Crippen LogP contribution in [0.25, 0.3) is 0 Å². The Kier molecular flexibility index (Phi) is 5.44. The van der Waals surface area contributed by atoms with Crippen LogP contribution in [0.2, 0.25) is 0 Å². The van der Waals surface area contributed by atoms with Crippen molar-refractivity contribution < 1.29 is 19.0 Å². The molecule has 0 radical (unpaired) electrons. The molecule has 4 rings (SSSR count). The van der Waals surface area contributed by atoms with Gasteiger partial charge in [-0.2, -0.15) is 0 Å². The van der Waals surface area contributed by atoms with Crippen molar-refractivity contribution in [2.24, 2.45) is 5.92 Å². The molecule has 0 N–H and O–H groups in total. The summed E-state index contributed by atoms with van der Waals surface area (Å²) in [4.78, 5) is 14.6. The average molecular weight is 349 g/mol. The third kappa shape index (κ3) is 4.09. The van der Waals surface area contributed by atoms with E-state index >= 15 is 0 Å². The summed E-state index contributed by atoms with van der Waals surface area (Å²) in [6.45, 7) is 4.94. The SMILES string of the molecule is O=C(C1=CCCC1)N1CCC2(CC1)CC(OCC1CCOCC1)CO2. The number of carbonyl (C=O) groups excluding carboxylic acids is 1. The molecular formula is C20H31NO4. The van der Waals surface area contributed by atoms with Crippen LogP contribution in [-0.4, -0.2) is 62.0 Å². The summed E-state index contributed by atoms with van der Waals surface area (Å²) in [5.41, 5.74) is 0.974. The molecule has 1 unspecified atom stereocenters. The lowest BCUT2D eigenvalue weighted by Crippen LogP contribution is -2.47. The Morgan fingerprint density at radius 3 is 2.80 bits per heavy atom. The third-order valence-electron chi connectivity index (χ3n) is 6.36. The minimum Gasteiger partial charge on any atom is -0.381 e. The number of rotatable bonds is 4. The largest absolute Gasteiger partial charge is 0.381 e. The first-order chi connectivity index (χ1) is 12.2. The number of piperidine rings is 1. The number of likely N-dealkylation sites (tertiary alicyclic amines) is 1. The van der Waals surface area contributed by atoms with E-state index in [1.807, 2.05) is 4.90 Å². The summed E-state index contributed by atoms with van der Waals surface area (Å²) in [6, 6.07) is 0. The summed E-state index contributed by atoms with van der Waals surface area (Å²) in [5, 5.41) is 0. The lowest BCUT2D eigenvalue weighted by atomic mass is 9.87. The molecule has 0 saturated carbocycles. The van der Waals surface area contributed by atoms with E-state index in [9.17, 15) is 4.79 Å². The minimum atomic E-state index is -0.0544.